The SMILES string of the molecule is Cc1ccc(C)c(CN2C(=O)NC3(CCSCC3)C2=O)c1. The van der Waals surface area contributed by atoms with Gasteiger partial charge in [0.15, 0.2) is 0 Å². The van der Waals surface area contributed by atoms with Crippen molar-refractivity contribution < 1.29 is 9.59 Å². The van der Waals surface area contributed by atoms with Gasteiger partial charge in [0.25, 0.3) is 5.91 Å². The molecule has 21 heavy (non-hydrogen) atoms. The third-order valence-electron chi connectivity index (χ3n) is 4.43. The van der Waals surface area contributed by atoms with Crippen LogP contribution < -0.4 is 5.32 Å². The number of carbonyl (C=O) groups is 2. The fourth-order valence-electron chi connectivity index (χ4n) is 3.02. The molecule has 0 bridgehead atoms. The van der Waals surface area contributed by atoms with E-state index in [0.717, 1.165) is 41.0 Å². The molecule has 0 saturated carbocycles. The van der Waals surface area contributed by atoms with Crippen molar-refractivity contribution >= 4 is 23.7 Å². The summed E-state index contributed by atoms with van der Waals surface area (Å²) in [6, 6.07) is 5.89. The molecule has 1 aromatic carbocycles. The lowest BCUT2D eigenvalue weighted by molar-refractivity contribution is -0.132. The Labute approximate surface area is 129 Å². The fourth-order valence-corrected chi connectivity index (χ4v) is 4.21. The third kappa shape index (κ3) is 2.55. The Balaban J connectivity index is 1.84. The molecule has 4 nitrogen and oxygen atoms in total. The van der Waals surface area contributed by atoms with Gasteiger partial charge in [0, 0.05) is 0 Å². The van der Waals surface area contributed by atoms with E-state index in [0.29, 0.717) is 6.54 Å². The quantitative estimate of drug-likeness (QED) is 0.855. The van der Waals surface area contributed by atoms with Crippen LogP contribution in [0.15, 0.2) is 18.2 Å². The third-order valence-corrected chi connectivity index (χ3v) is 5.41. The van der Waals surface area contributed by atoms with E-state index in [2.05, 4.69) is 11.4 Å². The van der Waals surface area contributed by atoms with Gasteiger partial charge < -0.3 is 5.32 Å². The van der Waals surface area contributed by atoms with Gasteiger partial charge in [0.2, 0.25) is 0 Å². The molecule has 0 aliphatic carbocycles. The van der Waals surface area contributed by atoms with Crippen LogP contribution >= 0.6 is 11.8 Å². The molecule has 1 aromatic rings. The second kappa shape index (κ2) is 5.37. The standard InChI is InChI=1S/C16H20N2O2S/c1-11-3-4-12(2)13(9-11)10-18-14(19)16(17-15(18)20)5-7-21-8-6-16/h3-4,9H,5-8,10H2,1-2H3,(H,17,20). The highest BCUT2D eigenvalue weighted by Crippen LogP contribution is 2.33. The van der Waals surface area contributed by atoms with Crippen LogP contribution in [-0.4, -0.2) is 33.9 Å². The van der Waals surface area contributed by atoms with E-state index in [1.54, 1.807) is 0 Å². The van der Waals surface area contributed by atoms with Crippen molar-refractivity contribution in [2.45, 2.75) is 38.8 Å². The summed E-state index contributed by atoms with van der Waals surface area (Å²) in [4.78, 5) is 26.4. The van der Waals surface area contributed by atoms with Crippen molar-refractivity contribution in [3.8, 4) is 0 Å². The Kier molecular flexibility index (Phi) is 3.69. The molecule has 3 amide bonds. The van der Waals surface area contributed by atoms with Crippen molar-refractivity contribution in [1.82, 2.24) is 10.2 Å². The van der Waals surface area contributed by atoms with Crippen LogP contribution in [0, 0.1) is 13.8 Å². The van der Waals surface area contributed by atoms with Gasteiger partial charge in [-0.1, -0.05) is 23.8 Å². The maximum Gasteiger partial charge on any atom is 0.325 e. The van der Waals surface area contributed by atoms with Crippen molar-refractivity contribution in [2.24, 2.45) is 0 Å². The minimum Gasteiger partial charge on any atom is -0.323 e. The number of nitrogens with zero attached hydrogens (tertiary/aromatic N) is 1. The highest BCUT2D eigenvalue weighted by atomic mass is 32.2. The molecule has 112 valence electrons. The molecule has 0 aromatic heterocycles. The molecule has 2 saturated heterocycles. The number of hydrogen-bond acceptors (Lipinski definition) is 3. The Morgan fingerprint density at radius 1 is 1.24 bits per heavy atom. The lowest BCUT2D eigenvalue weighted by Gasteiger charge is -2.30. The van der Waals surface area contributed by atoms with Crippen LogP contribution in [0.1, 0.15) is 29.5 Å². The molecular weight excluding hydrogens is 284 g/mol. The monoisotopic (exact) mass is 304 g/mol. The molecule has 0 atom stereocenters. The summed E-state index contributed by atoms with van der Waals surface area (Å²) < 4.78 is 0. The average molecular weight is 304 g/mol. The first-order valence-corrected chi connectivity index (χ1v) is 8.45. The minimum atomic E-state index is -0.639. The molecule has 2 aliphatic heterocycles. The fraction of sp³-hybridized carbons (Fsp3) is 0.500. The van der Waals surface area contributed by atoms with Crippen molar-refractivity contribution in [3.05, 3.63) is 34.9 Å². The van der Waals surface area contributed by atoms with E-state index < -0.39 is 5.54 Å². The summed E-state index contributed by atoms with van der Waals surface area (Å²) in [5, 5.41) is 2.95. The lowest BCUT2D eigenvalue weighted by atomic mass is 9.92. The summed E-state index contributed by atoms with van der Waals surface area (Å²) in [7, 11) is 0. The van der Waals surface area contributed by atoms with E-state index >= 15 is 0 Å². The average Bonchev–Trinajstić information content (AvgIpc) is 2.68. The Bertz CT molecular complexity index is 594. The normalized spacial score (nSPS) is 21.0. The smallest absolute Gasteiger partial charge is 0.323 e. The number of hydrogen-bond donors (Lipinski definition) is 1. The Morgan fingerprint density at radius 3 is 2.67 bits per heavy atom. The maximum atomic E-state index is 12.7. The van der Waals surface area contributed by atoms with E-state index in [-0.39, 0.29) is 11.9 Å². The van der Waals surface area contributed by atoms with Gasteiger partial charge >= 0.3 is 6.03 Å². The zero-order valence-corrected chi connectivity index (χ0v) is 13.3. The molecular formula is C16H20N2O2S. The number of amides is 3. The first-order valence-electron chi connectivity index (χ1n) is 7.30. The Morgan fingerprint density at radius 2 is 1.95 bits per heavy atom. The van der Waals surface area contributed by atoms with Gasteiger partial charge in [-0.25, -0.2) is 4.79 Å². The first-order chi connectivity index (χ1) is 10.0. The van der Waals surface area contributed by atoms with Gasteiger partial charge in [-0.3, -0.25) is 9.69 Å². The minimum absolute atomic E-state index is 0.0475. The molecule has 1 N–H and O–H groups in total. The number of urea groups is 1. The van der Waals surface area contributed by atoms with Crippen molar-refractivity contribution in [1.29, 1.82) is 0 Å². The number of aryl methyl sites for hydroxylation is 2. The molecule has 2 fully saturated rings. The molecule has 0 radical (unpaired) electrons. The number of nitrogens with one attached hydrogen (secondary N) is 1. The van der Waals surface area contributed by atoms with Gasteiger partial charge in [-0.15, -0.1) is 0 Å². The van der Waals surface area contributed by atoms with Crippen LogP contribution in [0.4, 0.5) is 4.79 Å². The summed E-state index contributed by atoms with van der Waals surface area (Å²) >= 11 is 1.85. The number of benzene rings is 1. The molecule has 2 aliphatic rings. The first kappa shape index (κ1) is 14.4. The zero-order chi connectivity index (χ0) is 15.0. The van der Waals surface area contributed by atoms with E-state index in [1.807, 2.05) is 37.7 Å². The van der Waals surface area contributed by atoms with Crippen LogP contribution in [0.2, 0.25) is 0 Å². The molecule has 3 rings (SSSR count). The second-order valence-electron chi connectivity index (χ2n) is 5.95. The Hall–Kier alpha value is -1.49. The second-order valence-corrected chi connectivity index (χ2v) is 7.17. The van der Waals surface area contributed by atoms with E-state index in [4.69, 9.17) is 0 Å². The van der Waals surface area contributed by atoms with Crippen LogP contribution in [-0.2, 0) is 11.3 Å². The predicted octanol–water partition coefficient (Wildman–Crippen LogP) is 2.62. The number of imide groups is 1. The van der Waals surface area contributed by atoms with Gasteiger partial charge in [-0.2, -0.15) is 11.8 Å². The van der Waals surface area contributed by atoms with E-state index in [9.17, 15) is 9.59 Å². The summed E-state index contributed by atoms with van der Waals surface area (Å²) in [6.07, 6.45) is 1.48. The molecule has 5 heteroatoms. The van der Waals surface area contributed by atoms with Crippen LogP contribution in [0.3, 0.4) is 0 Å². The number of thioether (sulfide) groups is 1. The van der Waals surface area contributed by atoms with Crippen molar-refractivity contribution in [3.63, 3.8) is 0 Å². The highest BCUT2D eigenvalue weighted by Gasteiger charge is 2.51. The lowest BCUT2D eigenvalue weighted by Crippen LogP contribution is -2.49. The maximum absolute atomic E-state index is 12.7. The van der Waals surface area contributed by atoms with Crippen LogP contribution in [0.5, 0.6) is 0 Å². The summed E-state index contributed by atoms with van der Waals surface area (Å²) in [5.41, 5.74) is 2.66. The van der Waals surface area contributed by atoms with E-state index in [1.165, 1.54) is 4.90 Å². The largest absolute Gasteiger partial charge is 0.325 e. The highest BCUT2D eigenvalue weighted by molar-refractivity contribution is 7.99. The van der Waals surface area contributed by atoms with Crippen LogP contribution in [0.25, 0.3) is 0 Å². The van der Waals surface area contributed by atoms with Crippen molar-refractivity contribution in [2.75, 3.05) is 11.5 Å². The molecule has 1 spiro atoms. The van der Waals surface area contributed by atoms with Gasteiger partial charge in [0.1, 0.15) is 5.54 Å². The van der Waals surface area contributed by atoms with Gasteiger partial charge in [0.05, 0.1) is 6.54 Å². The molecule has 0 unspecified atom stereocenters. The predicted molar refractivity (Wildman–Crippen MR) is 84.3 cm³/mol. The topological polar surface area (TPSA) is 49.4 Å². The zero-order valence-electron chi connectivity index (χ0n) is 12.4. The number of rotatable bonds is 2. The number of carbonyl (C=O) groups excluding carboxylic acids is 2. The summed E-state index contributed by atoms with van der Waals surface area (Å²) in [5.74, 6) is 1.82. The van der Waals surface area contributed by atoms with Gasteiger partial charge in [-0.05, 0) is 49.3 Å². The summed E-state index contributed by atoms with van der Waals surface area (Å²) in [6.45, 7) is 4.40. The molecule has 2 heterocycles.